The van der Waals surface area contributed by atoms with Crippen molar-refractivity contribution in [2.75, 3.05) is 0 Å². The Labute approximate surface area is 129 Å². The number of nitriles is 1. The Morgan fingerprint density at radius 2 is 1.90 bits per heavy atom. The van der Waals surface area contributed by atoms with Gasteiger partial charge in [0.15, 0.2) is 0 Å². The number of amides is 1. The van der Waals surface area contributed by atoms with Crippen molar-refractivity contribution in [3.63, 3.8) is 0 Å². The molecule has 2 saturated carbocycles. The van der Waals surface area contributed by atoms with Crippen LogP contribution >= 0.6 is 0 Å². The molecule has 0 spiro atoms. The molecule has 0 aliphatic heterocycles. The van der Waals surface area contributed by atoms with Gasteiger partial charge in [-0.05, 0) is 49.4 Å². The molecule has 118 valence electrons. The molecule has 0 bridgehead atoms. The topological polar surface area (TPSA) is 52.9 Å². The molecule has 2 atom stereocenters. The molecule has 21 heavy (non-hydrogen) atoms. The molecule has 0 aromatic heterocycles. The lowest BCUT2D eigenvalue weighted by Crippen LogP contribution is -2.49. The molecule has 2 fully saturated rings. The Morgan fingerprint density at radius 1 is 1.24 bits per heavy atom. The molecular formula is C18H30N2O. The minimum absolute atomic E-state index is 0.0911. The molecular weight excluding hydrogens is 260 g/mol. The Morgan fingerprint density at radius 3 is 2.48 bits per heavy atom. The van der Waals surface area contributed by atoms with Gasteiger partial charge in [-0.25, -0.2) is 0 Å². The average Bonchev–Trinajstić information content (AvgIpc) is 2.37. The summed E-state index contributed by atoms with van der Waals surface area (Å²) in [7, 11) is 0. The number of carbonyl (C=O) groups excluding carboxylic acids is 1. The van der Waals surface area contributed by atoms with Crippen molar-refractivity contribution >= 4 is 5.91 Å². The molecule has 0 heterocycles. The maximum absolute atomic E-state index is 12.4. The van der Waals surface area contributed by atoms with Crippen molar-refractivity contribution in [3.8, 4) is 6.07 Å². The Balaban J connectivity index is 1.90. The zero-order chi connectivity index (χ0) is 15.5. The van der Waals surface area contributed by atoms with E-state index in [1.165, 1.54) is 12.8 Å². The van der Waals surface area contributed by atoms with Crippen molar-refractivity contribution in [2.24, 2.45) is 17.3 Å². The van der Waals surface area contributed by atoms with E-state index in [0.717, 1.165) is 38.5 Å². The molecule has 0 unspecified atom stereocenters. The van der Waals surface area contributed by atoms with Crippen LogP contribution in [0.1, 0.15) is 78.6 Å². The second-order valence-electron chi connectivity index (χ2n) is 8.29. The molecule has 0 aromatic carbocycles. The van der Waals surface area contributed by atoms with E-state index < -0.39 is 5.54 Å². The fraction of sp³-hybridized carbons (Fsp3) is 0.889. The first-order chi connectivity index (χ1) is 9.84. The average molecular weight is 290 g/mol. The van der Waals surface area contributed by atoms with Gasteiger partial charge in [0.25, 0.3) is 0 Å². The minimum Gasteiger partial charge on any atom is -0.338 e. The number of hydrogen-bond donors (Lipinski definition) is 1. The number of nitrogens with one attached hydrogen (secondary N) is 1. The number of rotatable bonds is 3. The van der Waals surface area contributed by atoms with E-state index >= 15 is 0 Å². The summed E-state index contributed by atoms with van der Waals surface area (Å²) in [6, 6.07) is 2.38. The summed E-state index contributed by atoms with van der Waals surface area (Å²) in [6.07, 6.45) is 9.07. The standard InChI is InChI=1S/C18H30N2O/c1-14-9-15(12-17(2,3)11-14)10-16(21)20-18(13-19)7-5-4-6-8-18/h14-15H,4-12H2,1-3H3,(H,20,21)/t14-,15-/m1/s1. The third-order valence-electron chi connectivity index (χ3n) is 5.25. The van der Waals surface area contributed by atoms with Gasteiger partial charge in [-0.2, -0.15) is 5.26 Å². The summed E-state index contributed by atoms with van der Waals surface area (Å²) in [5.74, 6) is 1.27. The van der Waals surface area contributed by atoms with E-state index in [1.54, 1.807) is 0 Å². The van der Waals surface area contributed by atoms with Crippen LogP contribution in [0.5, 0.6) is 0 Å². The normalized spacial score (nSPS) is 31.1. The van der Waals surface area contributed by atoms with Crippen LogP contribution in [0.25, 0.3) is 0 Å². The van der Waals surface area contributed by atoms with E-state index in [-0.39, 0.29) is 5.91 Å². The third-order valence-corrected chi connectivity index (χ3v) is 5.25. The Hall–Kier alpha value is -1.04. The van der Waals surface area contributed by atoms with Gasteiger partial charge in [-0.15, -0.1) is 0 Å². The highest BCUT2D eigenvalue weighted by Crippen LogP contribution is 2.42. The monoisotopic (exact) mass is 290 g/mol. The highest BCUT2D eigenvalue weighted by molar-refractivity contribution is 5.77. The molecule has 3 nitrogen and oxygen atoms in total. The summed E-state index contributed by atoms with van der Waals surface area (Å²) in [6.45, 7) is 6.92. The van der Waals surface area contributed by atoms with Crippen LogP contribution in [0, 0.1) is 28.6 Å². The van der Waals surface area contributed by atoms with E-state index in [2.05, 4.69) is 32.2 Å². The van der Waals surface area contributed by atoms with Crippen molar-refractivity contribution in [1.29, 1.82) is 5.26 Å². The van der Waals surface area contributed by atoms with Crippen LogP contribution < -0.4 is 5.32 Å². The Kier molecular flexibility index (Phi) is 4.96. The molecule has 0 saturated heterocycles. The SMILES string of the molecule is C[C@@H]1C[C@H](CC(=O)NC2(C#N)CCCCC2)CC(C)(C)C1. The quantitative estimate of drug-likeness (QED) is 0.847. The molecule has 0 aromatic rings. The lowest BCUT2D eigenvalue weighted by Gasteiger charge is -2.39. The van der Waals surface area contributed by atoms with Gasteiger partial charge in [0.1, 0.15) is 5.54 Å². The summed E-state index contributed by atoms with van der Waals surface area (Å²) < 4.78 is 0. The predicted molar refractivity (Wildman–Crippen MR) is 84.5 cm³/mol. The van der Waals surface area contributed by atoms with E-state index in [9.17, 15) is 10.1 Å². The largest absolute Gasteiger partial charge is 0.338 e. The highest BCUT2D eigenvalue weighted by atomic mass is 16.1. The molecule has 0 radical (unpaired) electrons. The van der Waals surface area contributed by atoms with Crippen LogP contribution in [0.3, 0.4) is 0 Å². The summed E-state index contributed by atoms with van der Waals surface area (Å²) in [4.78, 5) is 12.4. The maximum Gasteiger partial charge on any atom is 0.221 e. The lowest BCUT2D eigenvalue weighted by atomic mass is 9.67. The van der Waals surface area contributed by atoms with Gasteiger partial charge < -0.3 is 5.32 Å². The van der Waals surface area contributed by atoms with Crippen molar-refractivity contribution in [2.45, 2.75) is 84.1 Å². The van der Waals surface area contributed by atoms with Crippen LogP contribution in [0.4, 0.5) is 0 Å². The van der Waals surface area contributed by atoms with Gasteiger partial charge in [0, 0.05) is 6.42 Å². The number of hydrogen-bond acceptors (Lipinski definition) is 2. The van der Waals surface area contributed by atoms with E-state index in [1.807, 2.05) is 0 Å². The molecule has 2 rings (SSSR count). The smallest absolute Gasteiger partial charge is 0.221 e. The zero-order valence-electron chi connectivity index (χ0n) is 13.9. The zero-order valence-corrected chi connectivity index (χ0v) is 13.9. The molecule has 2 aliphatic rings. The predicted octanol–water partition coefficient (Wildman–Crippen LogP) is 4.18. The second-order valence-corrected chi connectivity index (χ2v) is 8.29. The third kappa shape index (κ3) is 4.46. The van der Waals surface area contributed by atoms with Gasteiger partial charge in [0.05, 0.1) is 6.07 Å². The van der Waals surface area contributed by atoms with Crippen LogP contribution in [0.15, 0.2) is 0 Å². The van der Waals surface area contributed by atoms with Crippen molar-refractivity contribution in [1.82, 2.24) is 5.32 Å². The van der Waals surface area contributed by atoms with Gasteiger partial charge in [-0.3, -0.25) is 4.79 Å². The van der Waals surface area contributed by atoms with E-state index in [4.69, 9.17) is 0 Å². The highest BCUT2D eigenvalue weighted by Gasteiger charge is 2.36. The lowest BCUT2D eigenvalue weighted by molar-refractivity contribution is -0.124. The van der Waals surface area contributed by atoms with Crippen LogP contribution in [-0.4, -0.2) is 11.4 Å². The fourth-order valence-corrected chi connectivity index (χ4v) is 4.70. The Bertz CT molecular complexity index is 415. The van der Waals surface area contributed by atoms with Gasteiger partial charge >= 0.3 is 0 Å². The summed E-state index contributed by atoms with van der Waals surface area (Å²) >= 11 is 0. The molecule has 3 heteroatoms. The maximum atomic E-state index is 12.4. The number of carbonyl (C=O) groups is 1. The van der Waals surface area contributed by atoms with Crippen molar-refractivity contribution in [3.05, 3.63) is 0 Å². The molecule has 2 aliphatic carbocycles. The first kappa shape index (κ1) is 16.3. The minimum atomic E-state index is -0.578. The molecule has 1 N–H and O–H groups in total. The van der Waals surface area contributed by atoms with Crippen molar-refractivity contribution < 1.29 is 4.79 Å². The first-order valence-electron chi connectivity index (χ1n) is 8.56. The molecule has 1 amide bonds. The van der Waals surface area contributed by atoms with Gasteiger partial charge in [-0.1, -0.05) is 40.0 Å². The van der Waals surface area contributed by atoms with Crippen LogP contribution in [-0.2, 0) is 4.79 Å². The van der Waals surface area contributed by atoms with E-state index in [0.29, 0.717) is 23.7 Å². The summed E-state index contributed by atoms with van der Waals surface area (Å²) in [5, 5.41) is 12.5. The number of nitrogens with zero attached hydrogens (tertiary/aromatic N) is 1. The second kappa shape index (κ2) is 6.38. The summed E-state index contributed by atoms with van der Waals surface area (Å²) in [5.41, 5.74) is -0.231. The fourth-order valence-electron chi connectivity index (χ4n) is 4.70. The van der Waals surface area contributed by atoms with Gasteiger partial charge in [0.2, 0.25) is 5.91 Å². The van der Waals surface area contributed by atoms with Crippen LogP contribution in [0.2, 0.25) is 0 Å². The first-order valence-corrected chi connectivity index (χ1v) is 8.56.